The van der Waals surface area contributed by atoms with Gasteiger partial charge in [-0.25, -0.2) is 0 Å². The highest BCUT2D eigenvalue weighted by atomic mass is 19.4. The Morgan fingerprint density at radius 1 is 1.40 bits per heavy atom. The Bertz CT molecular complexity index is 537. The van der Waals surface area contributed by atoms with Crippen LogP contribution in [0.2, 0.25) is 0 Å². The van der Waals surface area contributed by atoms with Crippen LogP contribution >= 0.6 is 0 Å². The highest BCUT2D eigenvalue weighted by Crippen LogP contribution is 2.37. The van der Waals surface area contributed by atoms with E-state index in [2.05, 4.69) is 4.74 Å². The minimum absolute atomic E-state index is 0.500. The summed E-state index contributed by atoms with van der Waals surface area (Å²) in [6.45, 7) is -3.21. The molecule has 0 aliphatic rings. The first-order valence-corrected chi connectivity index (χ1v) is 5.07. The number of carbonyl (C=O) groups is 1. The Morgan fingerprint density at radius 3 is 2.55 bits per heavy atom. The van der Waals surface area contributed by atoms with Crippen molar-refractivity contribution in [1.29, 1.82) is 5.26 Å². The van der Waals surface area contributed by atoms with E-state index in [0.29, 0.717) is 18.2 Å². The highest BCUT2D eigenvalue weighted by molar-refractivity contribution is 5.93. The number of amides is 1. The Hall–Kier alpha value is -2.37. The van der Waals surface area contributed by atoms with Crippen molar-refractivity contribution in [3.05, 3.63) is 23.8 Å². The molecule has 0 spiro atoms. The van der Waals surface area contributed by atoms with E-state index in [1.165, 1.54) is 6.07 Å². The molecule has 1 N–H and O–H groups in total. The van der Waals surface area contributed by atoms with E-state index in [1.807, 2.05) is 5.32 Å². The van der Waals surface area contributed by atoms with E-state index >= 15 is 0 Å². The molecule has 9 heteroatoms. The van der Waals surface area contributed by atoms with Crippen LogP contribution in [0.15, 0.2) is 18.2 Å². The van der Waals surface area contributed by atoms with Gasteiger partial charge in [-0.15, -0.1) is 0 Å². The second-order valence-electron chi connectivity index (χ2n) is 3.47. The summed E-state index contributed by atoms with van der Waals surface area (Å²) in [5, 5.41) is 10.1. The van der Waals surface area contributed by atoms with Crippen LogP contribution in [0.3, 0.4) is 0 Å². The lowest BCUT2D eigenvalue weighted by Gasteiger charge is -2.15. The maximum atomic E-state index is 12.7. The second kappa shape index (κ2) is 6.18. The van der Waals surface area contributed by atoms with E-state index in [-0.39, 0.29) is 0 Å². The molecule has 0 aromatic heterocycles. The topological polar surface area (TPSA) is 62.1 Å². The predicted octanol–water partition coefficient (Wildman–Crippen LogP) is 3.16. The molecule has 4 nitrogen and oxygen atoms in total. The van der Waals surface area contributed by atoms with Crippen LogP contribution in [-0.4, -0.2) is 12.5 Å². The Balaban J connectivity index is 3.13. The molecule has 1 aromatic carbocycles. The summed E-state index contributed by atoms with van der Waals surface area (Å²) in [4.78, 5) is 11.1. The van der Waals surface area contributed by atoms with Gasteiger partial charge < -0.3 is 10.1 Å². The van der Waals surface area contributed by atoms with Crippen LogP contribution in [0.4, 0.5) is 27.6 Å². The zero-order chi connectivity index (χ0) is 15.3. The number of anilines is 1. The molecular weight excluding hydrogens is 287 g/mol. The smallest absolute Gasteiger partial charge is 0.418 e. The number of alkyl halides is 5. The average Bonchev–Trinajstić information content (AvgIpc) is 2.26. The third-order valence-electron chi connectivity index (χ3n) is 2.04. The summed E-state index contributed by atoms with van der Waals surface area (Å²) in [6.07, 6.45) is -5.46. The number of ether oxygens (including phenoxy) is 1. The van der Waals surface area contributed by atoms with E-state index in [1.54, 1.807) is 0 Å². The molecule has 1 rings (SSSR count). The van der Waals surface area contributed by atoms with Crippen molar-refractivity contribution in [3.63, 3.8) is 0 Å². The summed E-state index contributed by atoms with van der Waals surface area (Å²) >= 11 is 0. The van der Waals surface area contributed by atoms with Gasteiger partial charge in [0.05, 0.1) is 17.3 Å². The van der Waals surface area contributed by atoms with Gasteiger partial charge in [-0.1, -0.05) is 0 Å². The second-order valence-corrected chi connectivity index (χ2v) is 3.47. The number of carbonyl (C=O) groups excluding carboxylic acids is 1. The maximum Gasteiger partial charge on any atom is 0.418 e. The van der Waals surface area contributed by atoms with Crippen LogP contribution in [0.1, 0.15) is 12.0 Å². The summed E-state index contributed by atoms with van der Waals surface area (Å²) in [7, 11) is 0. The fourth-order valence-corrected chi connectivity index (χ4v) is 1.32. The number of nitrogens with one attached hydrogen (secondary N) is 1. The third-order valence-corrected chi connectivity index (χ3v) is 2.04. The standard InChI is InChI=1S/C11H7F5N2O2/c12-10(13)20-6-1-2-7(11(14,15)16)8(5-6)18-9(19)3-4-17/h1-2,5,10H,3H2,(H,18,19). The lowest BCUT2D eigenvalue weighted by Crippen LogP contribution is -2.16. The van der Waals surface area contributed by atoms with Crippen molar-refractivity contribution in [2.75, 3.05) is 5.32 Å². The number of halogens is 5. The first-order chi connectivity index (χ1) is 9.24. The number of nitrogens with zero attached hydrogens (tertiary/aromatic N) is 1. The van der Waals surface area contributed by atoms with Gasteiger partial charge in [0.25, 0.3) is 0 Å². The lowest BCUT2D eigenvalue weighted by molar-refractivity contribution is -0.137. The first kappa shape index (κ1) is 15.7. The number of hydrogen-bond donors (Lipinski definition) is 1. The fraction of sp³-hybridized carbons (Fsp3) is 0.273. The van der Waals surface area contributed by atoms with Gasteiger partial charge in [0.15, 0.2) is 0 Å². The molecule has 20 heavy (non-hydrogen) atoms. The zero-order valence-corrected chi connectivity index (χ0v) is 9.67. The van der Waals surface area contributed by atoms with Crippen LogP contribution in [0.25, 0.3) is 0 Å². The van der Waals surface area contributed by atoms with Crippen molar-refractivity contribution in [3.8, 4) is 11.8 Å². The number of rotatable bonds is 4. The minimum atomic E-state index is -4.79. The first-order valence-electron chi connectivity index (χ1n) is 5.07. The van der Waals surface area contributed by atoms with Gasteiger partial charge in [-0.05, 0) is 12.1 Å². The van der Waals surface area contributed by atoms with Crippen LogP contribution in [0.5, 0.6) is 5.75 Å². The van der Waals surface area contributed by atoms with E-state index < -0.39 is 42.1 Å². The summed E-state index contributed by atoms with van der Waals surface area (Å²) in [5.74, 6) is -1.53. The Morgan fingerprint density at radius 2 is 2.05 bits per heavy atom. The molecule has 1 aromatic rings. The van der Waals surface area contributed by atoms with Gasteiger partial charge in [0, 0.05) is 6.07 Å². The monoisotopic (exact) mass is 294 g/mol. The Labute approximate surface area is 109 Å². The van der Waals surface area contributed by atoms with E-state index in [9.17, 15) is 26.7 Å². The maximum absolute atomic E-state index is 12.7. The lowest BCUT2D eigenvalue weighted by atomic mass is 10.1. The predicted molar refractivity (Wildman–Crippen MR) is 56.9 cm³/mol. The van der Waals surface area contributed by atoms with Gasteiger partial charge in [0.1, 0.15) is 12.2 Å². The van der Waals surface area contributed by atoms with Gasteiger partial charge in [-0.3, -0.25) is 4.79 Å². The molecule has 0 unspecified atom stereocenters. The van der Waals surface area contributed by atoms with Crippen LogP contribution in [0, 0.1) is 11.3 Å². The largest absolute Gasteiger partial charge is 0.435 e. The molecule has 108 valence electrons. The number of hydrogen-bond acceptors (Lipinski definition) is 3. The van der Waals surface area contributed by atoms with Crippen molar-refractivity contribution in [1.82, 2.24) is 0 Å². The molecule has 0 heterocycles. The minimum Gasteiger partial charge on any atom is -0.435 e. The molecule has 0 radical (unpaired) electrons. The molecule has 0 atom stereocenters. The number of nitriles is 1. The number of benzene rings is 1. The average molecular weight is 294 g/mol. The molecule has 0 aliphatic heterocycles. The zero-order valence-electron chi connectivity index (χ0n) is 9.67. The van der Waals surface area contributed by atoms with Crippen LogP contribution in [-0.2, 0) is 11.0 Å². The van der Waals surface area contributed by atoms with Crippen molar-refractivity contribution < 1.29 is 31.5 Å². The summed E-state index contributed by atoms with van der Waals surface area (Å²) in [6, 6.07) is 3.27. The molecule has 0 saturated carbocycles. The summed E-state index contributed by atoms with van der Waals surface area (Å²) in [5.41, 5.74) is -1.98. The normalized spacial score (nSPS) is 11.1. The summed E-state index contributed by atoms with van der Waals surface area (Å²) < 4.78 is 66.0. The van der Waals surface area contributed by atoms with E-state index in [0.717, 1.165) is 0 Å². The van der Waals surface area contributed by atoms with Gasteiger partial charge in [-0.2, -0.15) is 27.2 Å². The molecule has 0 saturated heterocycles. The quantitative estimate of drug-likeness (QED) is 0.868. The molecule has 0 fully saturated rings. The van der Waals surface area contributed by atoms with Crippen molar-refractivity contribution in [2.45, 2.75) is 19.2 Å². The third kappa shape index (κ3) is 4.38. The van der Waals surface area contributed by atoms with Gasteiger partial charge in [0.2, 0.25) is 5.91 Å². The Kier molecular flexibility index (Phi) is 4.85. The molecule has 0 bridgehead atoms. The van der Waals surface area contributed by atoms with Crippen LogP contribution < -0.4 is 10.1 Å². The van der Waals surface area contributed by atoms with E-state index in [4.69, 9.17) is 5.26 Å². The molecule has 1 amide bonds. The van der Waals surface area contributed by atoms with Crippen molar-refractivity contribution >= 4 is 11.6 Å². The SMILES string of the molecule is N#CCC(=O)Nc1cc(OC(F)F)ccc1C(F)(F)F. The highest BCUT2D eigenvalue weighted by Gasteiger charge is 2.34. The van der Waals surface area contributed by atoms with Crippen molar-refractivity contribution in [2.24, 2.45) is 0 Å². The molecule has 0 aliphatic carbocycles. The fourth-order valence-electron chi connectivity index (χ4n) is 1.32. The van der Waals surface area contributed by atoms with Gasteiger partial charge >= 0.3 is 12.8 Å². The molecular formula is C11H7F5N2O2.